The highest BCUT2D eigenvalue weighted by Gasteiger charge is 2.09. The van der Waals surface area contributed by atoms with Gasteiger partial charge in [-0.25, -0.2) is 4.79 Å². The smallest absolute Gasteiger partial charge is 0.337 e. The molecule has 0 aliphatic heterocycles. The summed E-state index contributed by atoms with van der Waals surface area (Å²) in [7, 11) is 1.29. The Bertz CT molecular complexity index is 775. The fourth-order valence-corrected chi connectivity index (χ4v) is 2.23. The van der Waals surface area contributed by atoms with E-state index in [1.807, 2.05) is 0 Å². The summed E-state index contributed by atoms with van der Waals surface area (Å²) in [6, 6.07) is 6.23. The minimum Gasteiger partial charge on any atom is -0.465 e. The lowest BCUT2D eigenvalue weighted by Crippen LogP contribution is -2.30. The number of thioether (sulfide) groups is 1. The molecule has 120 valence electrons. The molecule has 1 aromatic heterocycles. The summed E-state index contributed by atoms with van der Waals surface area (Å²) in [4.78, 5) is 34.4. The van der Waals surface area contributed by atoms with Crippen LogP contribution < -0.4 is 16.7 Å². The zero-order chi connectivity index (χ0) is 16.8. The molecule has 0 atom stereocenters. The Balaban J connectivity index is 1.93. The van der Waals surface area contributed by atoms with E-state index < -0.39 is 11.5 Å². The van der Waals surface area contributed by atoms with Gasteiger partial charge in [-0.05, 0) is 24.3 Å². The molecule has 0 aliphatic rings. The molecule has 0 spiro atoms. The number of nitrogens with two attached hydrogens (primary N) is 1. The number of amides is 1. The molecule has 2 rings (SSSR count). The molecular formula is C13H13N5O4S. The minimum atomic E-state index is -0.513. The van der Waals surface area contributed by atoms with Crippen molar-refractivity contribution < 1.29 is 14.3 Å². The molecular weight excluding hydrogens is 322 g/mol. The number of hydrogen-bond acceptors (Lipinski definition) is 8. The van der Waals surface area contributed by atoms with Gasteiger partial charge in [-0.3, -0.25) is 9.59 Å². The number of nitrogens with one attached hydrogen (secondary N) is 1. The highest BCUT2D eigenvalue weighted by atomic mass is 32.2. The van der Waals surface area contributed by atoms with Crippen LogP contribution in [0.4, 0.5) is 5.69 Å². The van der Waals surface area contributed by atoms with Gasteiger partial charge in [-0.15, -0.1) is 5.10 Å². The molecule has 0 radical (unpaired) electrons. The van der Waals surface area contributed by atoms with Crippen molar-refractivity contribution in [2.24, 2.45) is 0 Å². The van der Waals surface area contributed by atoms with Crippen molar-refractivity contribution in [1.29, 1.82) is 0 Å². The maximum Gasteiger partial charge on any atom is 0.337 e. The summed E-state index contributed by atoms with van der Waals surface area (Å²) in [5.41, 5.74) is 0.389. The highest BCUT2D eigenvalue weighted by molar-refractivity contribution is 7.99. The third-order valence-electron chi connectivity index (χ3n) is 2.68. The number of carbonyl (C=O) groups excluding carboxylic acids is 2. The van der Waals surface area contributed by atoms with Crippen molar-refractivity contribution in [3.05, 3.63) is 46.4 Å². The number of esters is 1. The van der Waals surface area contributed by atoms with Gasteiger partial charge in [0, 0.05) is 5.69 Å². The SMILES string of the molecule is COC(=O)c1ccc(NC(=O)CSc2nncc(=O)n2N)cc1. The van der Waals surface area contributed by atoms with Crippen LogP contribution >= 0.6 is 11.8 Å². The van der Waals surface area contributed by atoms with Crippen molar-refractivity contribution in [3.63, 3.8) is 0 Å². The largest absolute Gasteiger partial charge is 0.465 e. The number of aromatic nitrogens is 3. The van der Waals surface area contributed by atoms with E-state index in [4.69, 9.17) is 5.84 Å². The Hall–Kier alpha value is -2.88. The van der Waals surface area contributed by atoms with Gasteiger partial charge in [0.15, 0.2) is 0 Å². The van der Waals surface area contributed by atoms with E-state index in [-0.39, 0.29) is 16.8 Å². The lowest BCUT2D eigenvalue weighted by atomic mass is 10.2. The molecule has 3 N–H and O–H groups in total. The molecule has 2 aromatic rings. The van der Waals surface area contributed by atoms with Crippen LogP contribution in [0.25, 0.3) is 0 Å². The Morgan fingerprint density at radius 3 is 2.70 bits per heavy atom. The average molecular weight is 335 g/mol. The van der Waals surface area contributed by atoms with Crippen LogP contribution in [0.1, 0.15) is 10.4 Å². The third kappa shape index (κ3) is 4.30. The summed E-state index contributed by atoms with van der Waals surface area (Å²) in [6.45, 7) is 0. The Morgan fingerprint density at radius 2 is 2.04 bits per heavy atom. The Labute approximate surface area is 134 Å². The van der Waals surface area contributed by atoms with Crippen molar-refractivity contribution in [3.8, 4) is 0 Å². The van der Waals surface area contributed by atoms with Crippen molar-refractivity contribution in [1.82, 2.24) is 14.9 Å². The molecule has 9 nitrogen and oxygen atoms in total. The number of carbonyl (C=O) groups is 2. The first-order valence-corrected chi connectivity index (χ1v) is 7.30. The monoisotopic (exact) mass is 335 g/mol. The summed E-state index contributed by atoms with van der Waals surface area (Å²) < 4.78 is 5.40. The fraction of sp³-hybridized carbons (Fsp3) is 0.154. The Kier molecular flexibility index (Phi) is 5.31. The zero-order valence-electron chi connectivity index (χ0n) is 12.1. The van der Waals surface area contributed by atoms with E-state index >= 15 is 0 Å². The van der Waals surface area contributed by atoms with Gasteiger partial charge in [0.05, 0.1) is 18.4 Å². The molecule has 0 fully saturated rings. The maximum atomic E-state index is 11.9. The summed E-state index contributed by atoms with van der Waals surface area (Å²) in [5, 5.41) is 9.93. The van der Waals surface area contributed by atoms with E-state index in [0.29, 0.717) is 11.3 Å². The normalized spacial score (nSPS) is 10.1. The fourth-order valence-electron chi connectivity index (χ4n) is 1.57. The van der Waals surface area contributed by atoms with Crippen molar-refractivity contribution in [2.75, 3.05) is 24.0 Å². The van der Waals surface area contributed by atoms with Crippen LogP contribution in [0.15, 0.2) is 40.4 Å². The lowest BCUT2D eigenvalue weighted by molar-refractivity contribution is -0.113. The van der Waals surface area contributed by atoms with Crippen molar-refractivity contribution >= 4 is 29.3 Å². The quantitative estimate of drug-likeness (QED) is 0.439. The van der Waals surface area contributed by atoms with Crippen LogP contribution in [0.2, 0.25) is 0 Å². The molecule has 0 saturated carbocycles. The topological polar surface area (TPSA) is 129 Å². The minimum absolute atomic E-state index is 0.00587. The zero-order valence-corrected chi connectivity index (χ0v) is 12.9. The Morgan fingerprint density at radius 1 is 1.35 bits per heavy atom. The van der Waals surface area contributed by atoms with Crippen LogP contribution in [0.5, 0.6) is 0 Å². The molecule has 1 aromatic carbocycles. The number of hydrogen-bond donors (Lipinski definition) is 2. The average Bonchev–Trinajstić information content (AvgIpc) is 2.56. The molecule has 0 aliphatic carbocycles. The summed E-state index contributed by atoms with van der Waals surface area (Å²) in [5.74, 6) is 4.70. The second-order valence-corrected chi connectivity index (χ2v) is 5.18. The highest BCUT2D eigenvalue weighted by Crippen LogP contribution is 2.14. The number of ether oxygens (including phenoxy) is 1. The third-order valence-corrected chi connectivity index (χ3v) is 3.62. The van der Waals surface area contributed by atoms with Crippen LogP contribution in [-0.2, 0) is 9.53 Å². The predicted octanol–water partition coefficient (Wildman–Crippen LogP) is -0.131. The molecule has 0 unspecified atom stereocenters. The first kappa shape index (κ1) is 16.5. The molecule has 1 heterocycles. The first-order valence-electron chi connectivity index (χ1n) is 6.32. The number of benzene rings is 1. The number of anilines is 1. The van der Waals surface area contributed by atoms with Gasteiger partial charge in [0.25, 0.3) is 5.56 Å². The number of rotatable bonds is 5. The second-order valence-electron chi connectivity index (χ2n) is 4.24. The van der Waals surface area contributed by atoms with Gasteiger partial charge >= 0.3 is 5.97 Å². The number of methoxy groups -OCH3 is 1. The molecule has 0 bridgehead atoms. The number of nitrogen functional groups attached to an aromatic ring is 1. The lowest BCUT2D eigenvalue weighted by Gasteiger charge is -2.07. The van der Waals surface area contributed by atoms with Crippen molar-refractivity contribution in [2.45, 2.75) is 5.16 Å². The molecule has 23 heavy (non-hydrogen) atoms. The second kappa shape index (κ2) is 7.40. The van der Waals surface area contributed by atoms with E-state index in [1.54, 1.807) is 12.1 Å². The van der Waals surface area contributed by atoms with E-state index in [0.717, 1.165) is 22.6 Å². The maximum absolute atomic E-state index is 11.9. The molecule has 10 heteroatoms. The molecule has 1 amide bonds. The predicted molar refractivity (Wildman–Crippen MR) is 83.6 cm³/mol. The van der Waals surface area contributed by atoms with Gasteiger partial charge in [0.1, 0.15) is 6.20 Å². The van der Waals surface area contributed by atoms with Crippen LogP contribution in [0, 0.1) is 0 Å². The number of nitrogens with zero attached hydrogens (tertiary/aromatic N) is 3. The first-order chi connectivity index (χ1) is 11.0. The standard InChI is InChI=1S/C13H13N5O4S/c1-22-12(21)8-2-4-9(5-3-8)16-10(19)7-23-13-17-15-6-11(20)18(13)14/h2-6H,7,14H2,1H3,(H,16,19). The van der Waals surface area contributed by atoms with Crippen LogP contribution in [-0.4, -0.2) is 39.6 Å². The van der Waals surface area contributed by atoms with Crippen LogP contribution in [0.3, 0.4) is 0 Å². The van der Waals surface area contributed by atoms with Gasteiger partial charge in [0.2, 0.25) is 11.1 Å². The van der Waals surface area contributed by atoms with E-state index in [1.165, 1.54) is 19.2 Å². The molecule has 0 saturated heterocycles. The van der Waals surface area contributed by atoms with Gasteiger partial charge < -0.3 is 15.9 Å². The van der Waals surface area contributed by atoms with Gasteiger partial charge in [-0.1, -0.05) is 11.8 Å². The van der Waals surface area contributed by atoms with E-state index in [2.05, 4.69) is 20.3 Å². The summed E-state index contributed by atoms with van der Waals surface area (Å²) >= 11 is 0.978. The van der Waals surface area contributed by atoms with Gasteiger partial charge in [-0.2, -0.15) is 9.77 Å². The summed E-state index contributed by atoms with van der Waals surface area (Å²) in [6.07, 6.45) is 0.979. The van der Waals surface area contributed by atoms with E-state index in [9.17, 15) is 14.4 Å².